The van der Waals surface area contributed by atoms with Crippen LogP contribution in [-0.4, -0.2) is 34.0 Å². The van der Waals surface area contributed by atoms with Crippen LogP contribution in [0.2, 0.25) is 0 Å². The molecule has 0 saturated heterocycles. The molecule has 3 unspecified atom stereocenters. The van der Waals surface area contributed by atoms with Crippen molar-refractivity contribution in [2.24, 2.45) is 0 Å². The number of anilines is 1. The molecule has 0 saturated carbocycles. The van der Waals surface area contributed by atoms with Crippen molar-refractivity contribution in [3.8, 4) is 0 Å². The second kappa shape index (κ2) is 10.9. The van der Waals surface area contributed by atoms with E-state index in [2.05, 4.69) is 50.4 Å². The molecule has 0 aliphatic heterocycles. The van der Waals surface area contributed by atoms with Crippen molar-refractivity contribution in [1.82, 2.24) is 15.5 Å². The number of rotatable bonds is 9. The van der Waals surface area contributed by atoms with Gasteiger partial charge in [-0.1, -0.05) is 30.2 Å². The van der Waals surface area contributed by atoms with Gasteiger partial charge in [-0.15, -0.1) is 5.10 Å². The molecule has 4 rings (SSSR count). The van der Waals surface area contributed by atoms with Gasteiger partial charge in [-0.25, -0.2) is 8.78 Å². The van der Waals surface area contributed by atoms with Gasteiger partial charge >= 0.3 is 18.1 Å². The molecule has 3 aromatic rings. The average Bonchev–Trinajstić information content (AvgIpc) is 3.30. The van der Waals surface area contributed by atoms with E-state index in [0.29, 0.717) is 6.07 Å². The van der Waals surface area contributed by atoms with Gasteiger partial charge < -0.3 is 20.2 Å². The van der Waals surface area contributed by atoms with Crippen LogP contribution in [0.5, 0.6) is 0 Å². The fourth-order valence-electron chi connectivity index (χ4n) is 4.51. The summed E-state index contributed by atoms with van der Waals surface area (Å²) in [4.78, 5) is 0. The molecule has 0 spiro atoms. The lowest BCUT2D eigenvalue weighted by Crippen LogP contribution is -2.43. The fraction of sp³-hybridized carbons (Fsp3) is 0.440. The van der Waals surface area contributed by atoms with Gasteiger partial charge in [0.1, 0.15) is 11.6 Å². The lowest BCUT2D eigenvalue weighted by Gasteiger charge is -2.30. The Morgan fingerprint density at radius 2 is 1.83 bits per heavy atom. The van der Waals surface area contributed by atoms with Gasteiger partial charge in [0.15, 0.2) is 0 Å². The van der Waals surface area contributed by atoms with E-state index in [4.69, 9.17) is 0 Å². The second-order valence-electron chi connectivity index (χ2n) is 8.95. The summed E-state index contributed by atoms with van der Waals surface area (Å²) in [5.74, 6) is -3.16. The molecule has 1 aromatic heterocycles. The normalized spacial score (nSPS) is 17.5. The minimum atomic E-state index is -4.83. The highest BCUT2D eigenvalue weighted by molar-refractivity contribution is 5.36. The third-order valence-electron chi connectivity index (χ3n) is 6.33. The highest BCUT2D eigenvalue weighted by Gasteiger charge is 2.38. The summed E-state index contributed by atoms with van der Waals surface area (Å²) in [5.41, 5.74) is 3.81. The Balaban J connectivity index is 1.51. The lowest BCUT2D eigenvalue weighted by molar-refractivity contribution is -0.156. The lowest BCUT2D eigenvalue weighted by atomic mass is 9.86. The first-order valence-corrected chi connectivity index (χ1v) is 11.8. The summed E-state index contributed by atoms with van der Waals surface area (Å²) in [6.07, 6.45) is -2.42. The van der Waals surface area contributed by atoms with Crippen LogP contribution in [0.4, 0.5) is 28.0 Å². The first-order valence-electron chi connectivity index (χ1n) is 11.8. The van der Waals surface area contributed by atoms with Crippen molar-refractivity contribution in [1.29, 1.82) is 0 Å². The topological polar surface area (TPSA) is 83.2 Å². The molecule has 1 aliphatic carbocycles. The zero-order chi connectivity index (χ0) is 25.9. The Hall–Kier alpha value is -3.05. The van der Waals surface area contributed by atoms with Crippen LogP contribution < -0.4 is 10.6 Å². The number of nitrogens with zero attached hydrogens (tertiary/aromatic N) is 2. The molecule has 1 aliphatic rings. The molecule has 11 heteroatoms. The van der Waals surface area contributed by atoms with E-state index < -0.39 is 41.9 Å². The van der Waals surface area contributed by atoms with Crippen molar-refractivity contribution in [2.75, 3.05) is 11.9 Å². The van der Waals surface area contributed by atoms with E-state index in [1.165, 1.54) is 11.1 Å². The zero-order valence-corrected chi connectivity index (χ0v) is 19.6. The van der Waals surface area contributed by atoms with Crippen molar-refractivity contribution in [3.63, 3.8) is 0 Å². The maximum Gasteiger partial charge on any atom is 0.470 e. The number of hydrogen-bond acceptors (Lipinski definition) is 6. The predicted molar refractivity (Wildman–Crippen MR) is 122 cm³/mol. The molecule has 0 radical (unpaired) electrons. The number of aromatic nitrogens is 2. The molecular formula is C25H27F5N4O2. The number of nitrogens with one attached hydrogen (secondary N) is 2. The first-order chi connectivity index (χ1) is 17.1. The summed E-state index contributed by atoms with van der Waals surface area (Å²) in [5, 5.41) is 23.3. The smallest absolute Gasteiger partial charge is 0.399 e. The maximum atomic E-state index is 13.7. The van der Waals surface area contributed by atoms with Crippen LogP contribution in [-0.2, 0) is 25.4 Å². The predicted octanol–water partition coefficient (Wildman–Crippen LogP) is 4.98. The number of aliphatic hydroxyl groups is 1. The molecule has 2 aromatic carbocycles. The minimum Gasteiger partial charge on any atom is -0.399 e. The molecule has 0 amide bonds. The van der Waals surface area contributed by atoms with Crippen molar-refractivity contribution < 1.29 is 31.5 Å². The number of benzene rings is 2. The van der Waals surface area contributed by atoms with Gasteiger partial charge in [0, 0.05) is 18.7 Å². The van der Waals surface area contributed by atoms with E-state index in [-0.39, 0.29) is 24.6 Å². The first kappa shape index (κ1) is 26.0. The number of aryl methyl sites for hydroxylation is 2. The largest absolute Gasteiger partial charge is 0.470 e. The third kappa shape index (κ3) is 6.38. The van der Waals surface area contributed by atoms with Gasteiger partial charge in [0.05, 0.1) is 12.1 Å². The standard InChI is InChI=1S/C25H27F5N4O2/c1-2-14-6-7-16-4-3-5-20(19(16)10-14)31-13-22(35)21(11-15-8-17(26)12-18(27)9-15)32-24-34-33-23(36-24)25(28,29)30/h6-10,12,20-22,31,35H,2-5,11,13H2,1H3,(H,32,34). The molecule has 194 valence electrons. The number of halogens is 5. The van der Waals surface area contributed by atoms with Gasteiger partial charge in [-0.2, -0.15) is 13.2 Å². The van der Waals surface area contributed by atoms with Crippen molar-refractivity contribution in [3.05, 3.63) is 76.2 Å². The molecule has 6 nitrogen and oxygen atoms in total. The van der Waals surface area contributed by atoms with Gasteiger partial charge in [0.25, 0.3) is 0 Å². The SMILES string of the molecule is CCc1ccc2c(c1)C(NCC(O)C(Cc1cc(F)cc(F)c1)Nc1nnc(C(F)(F)F)o1)CCC2. The maximum absolute atomic E-state index is 13.7. The van der Waals surface area contributed by atoms with Crippen molar-refractivity contribution >= 4 is 6.01 Å². The molecule has 0 bridgehead atoms. The molecule has 0 fully saturated rings. The number of alkyl halides is 3. The molecular weight excluding hydrogens is 483 g/mol. The van der Waals surface area contributed by atoms with Gasteiger partial charge in [-0.3, -0.25) is 0 Å². The van der Waals surface area contributed by atoms with E-state index >= 15 is 0 Å². The Morgan fingerprint density at radius 3 is 2.50 bits per heavy atom. The zero-order valence-electron chi connectivity index (χ0n) is 19.6. The molecule has 36 heavy (non-hydrogen) atoms. The highest BCUT2D eigenvalue weighted by atomic mass is 19.4. The molecule has 1 heterocycles. The summed E-state index contributed by atoms with van der Waals surface area (Å²) in [7, 11) is 0. The van der Waals surface area contributed by atoms with Crippen LogP contribution in [0.25, 0.3) is 0 Å². The van der Waals surface area contributed by atoms with E-state index in [1.807, 2.05) is 0 Å². The van der Waals surface area contributed by atoms with E-state index in [0.717, 1.165) is 43.4 Å². The van der Waals surface area contributed by atoms with E-state index in [1.54, 1.807) is 0 Å². The Labute approximate surface area is 204 Å². The van der Waals surface area contributed by atoms with Crippen molar-refractivity contribution in [2.45, 2.75) is 63.4 Å². The monoisotopic (exact) mass is 510 g/mol. The van der Waals surface area contributed by atoms with Crippen LogP contribution in [0, 0.1) is 11.6 Å². The Bertz CT molecular complexity index is 1160. The molecule has 3 N–H and O–H groups in total. The van der Waals surface area contributed by atoms with Crippen LogP contribution in [0.3, 0.4) is 0 Å². The summed E-state index contributed by atoms with van der Waals surface area (Å²) in [6, 6.07) is 7.73. The van der Waals surface area contributed by atoms with E-state index in [9.17, 15) is 27.1 Å². The fourth-order valence-corrected chi connectivity index (χ4v) is 4.51. The van der Waals surface area contributed by atoms with Crippen LogP contribution >= 0.6 is 0 Å². The summed E-state index contributed by atoms with van der Waals surface area (Å²) in [6.45, 7) is 2.14. The minimum absolute atomic E-state index is 0.0117. The molecule has 3 atom stereocenters. The Kier molecular flexibility index (Phi) is 7.89. The second-order valence-corrected chi connectivity index (χ2v) is 8.95. The summed E-state index contributed by atoms with van der Waals surface area (Å²) < 4.78 is 70.7. The van der Waals surface area contributed by atoms with Crippen LogP contribution in [0.15, 0.2) is 40.8 Å². The number of hydrogen-bond donors (Lipinski definition) is 3. The number of fused-ring (bicyclic) bond motifs is 1. The van der Waals surface area contributed by atoms with Crippen LogP contribution in [0.1, 0.15) is 54.0 Å². The average molecular weight is 511 g/mol. The Morgan fingerprint density at radius 1 is 1.08 bits per heavy atom. The van der Waals surface area contributed by atoms with Gasteiger partial charge in [-0.05, 0) is 66.5 Å². The summed E-state index contributed by atoms with van der Waals surface area (Å²) >= 11 is 0. The number of aliphatic hydroxyl groups excluding tert-OH is 1. The van der Waals surface area contributed by atoms with Gasteiger partial charge in [0.2, 0.25) is 0 Å². The highest BCUT2D eigenvalue weighted by Crippen LogP contribution is 2.31. The quantitative estimate of drug-likeness (QED) is 0.352. The third-order valence-corrected chi connectivity index (χ3v) is 6.33.